The molecule has 0 saturated heterocycles. The molecule has 1 heterocycles. The van der Waals surface area contributed by atoms with Crippen molar-refractivity contribution in [3.63, 3.8) is 0 Å². The molecule has 0 amide bonds. The molecular weight excluding hydrogens is 417 g/mol. The monoisotopic (exact) mass is 433 g/mol. The zero-order chi connectivity index (χ0) is 20.8. The van der Waals surface area contributed by atoms with Crippen molar-refractivity contribution < 1.29 is 9.47 Å². The number of aryl methyl sites for hydroxylation is 1. The first kappa shape index (κ1) is 20.6. The quantitative estimate of drug-likeness (QED) is 0.433. The standard InChI is InChI=1S/C19H17Cl2N5O3/c1-11-18(23-19(27)26-24-11)25-22-9-12-3-6-16(17(7-12)28-2)29-10-13-4-5-14(20)8-15(13)21/h3-9H,10H2,1-2H3,(H2,23,25,26,27)/b22-9-. The van der Waals surface area contributed by atoms with E-state index in [1.54, 1.807) is 44.5 Å². The molecule has 0 unspecified atom stereocenters. The van der Waals surface area contributed by atoms with Crippen molar-refractivity contribution in [1.82, 2.24) is 15.2 Å². The first-order chi connectivity index (χ1) is 14.0. The molecule has 0 saturated carbocycles. The molecule has 2 N–H and O–H groups in total. The summed E-state index contributed by atoms with van der Waals surface area (Å²) in [5, 5.41) is 11.2. The van der Waals surface area contributed by atoms with Gasteiger partial charge in [0.05, 0.1) is 13.3 Å². The highest BCUT2D eigenvalue weighted by atomic mass is 35.5. The molecule has 0 fully saturated rings. The van der Waals surface area contributed by atoms with E-state index in [1.807, 2.05) is 12.1 Å². The normalized spacial score (nSPS) is 10.9. The Morgan fingerprint density at radius 1 is 1.21 bits per heavy atom. The lowest BCUT2D eigenvalue weighted by atomic mass is 10.2. The Hall–Kier alpha value is -3.10. The maximum absolute atomic E-state index is 11.2. The maximum Gasteiger partial charge on any atom is 0.363 e. The van der Waals surface area contributed by atoms with Gasteiger partial charge in [-0.05, 0) is 42.8 Å². The maximum atomic E-state index is 11.2. The second-order valence-corrected chi connectivity index (χ2v) is 6.72. The van der Waals surface area contributed by atoms with Crippen molar-refractivity contribution in [2.75, 3.05) is 12.5 Å². The van der Waals surface area contributed by atoms with Crippen LogP contribution in [0.5, 0.6) is 11.5 Å². The molecule has 10 heteroatoms. The number of rotatable bonds is 7. The van der Waals surface area contributed by atoms with Crippen LogP contribution in [0.15, 0.2) is 46.3 Å². The van der Waals surface area contributed by atoms with E-state index in [4.69, 9.17) is 32.7 Å². The number of hydrogen-bond acceptors (Lipinski definition) is 7. The smallest absolute Gasteiger partial charge is 0.363 e. The summed E-state index contributed by atoms with van der Waals surface area (Å²) < 4.78 is 11.2. The van der Waals surface area contributed by atoms with Crippen LogP contribution in [0.4, 0.5) is 5.82 Å². The third-order valence-corrected chi connectivity index (χ3v) is 4.43. The van der Waals surface area contributed by atoms with Crippen LogP contribution in [0, 0.1) is 6.92 Å². The SMILES string of the molecule is COc1cc(/C=N\Nc2nc(=O)[nH]nc2C)ccc1OCc1ccc(Cl)cc1Cl. The molecule has 29 heavy (non-hydrogen) atoms. The van der Waals surface area contributed by atoms with E-state index in [9.17, 15) is 4.79 Å². The molecule has 2 aromatic carbocycles. The summed E-state index contributed by atoms with van der Waals surface area (Å²) in [7, 11) is 1.55. The number of benzene rings is 2. The number of aromatic amines is 1. The number of anilines is 1. The summed E-state index contributed by atoms with van der Waals surface area (Å²) in [5.74, 6) is 1.36. The van der Waals surface area contributed by atoms with Gasteiger partial charge in [-0.1, -0.05) is 29.3 Å². The van der Waals surface area contributed by atoms with Crippen LogP contribution in [-0.4, -0.2) is 28.5 Å². The second kappa shape index (κ2) is 9.40. The lowest BCUT2D eigenvalue weighted by Gasteiger charge is -2.12. The largest absolute Gasteiger partial charge is 0.493 e. The number of hydrogen-bond donors (Lipinski definition) is 2. The zero-order valence-electron chi connectivity index (χ0n) is 15.6. The van der Waals surface area contributed by atoms with Crippen LogP contribution >= 0.6 is 23.2 Å². The number of nitrogens with one attached hydrogen (secondary N) is 2. The first-order valence-electron chi connectivity index (χ1n) is 8.43. The van der Waals surface area contributed by atoms with Gasteiger partial charge in [0.15, 0.2) is 17.3 Å². The molecule has 0 aliphatic carbocycles. The summed E-state index contributed by atoms with van der Waals surface area (Å²) >= 11 is 12.1. The highest BCUT2D eigenvalue weighted by molar-refractivity contribution is 6.35. The lowest BCUT2D eigenvalue weighted by Crippen LogP contribution is -2.15. The van der Waals surface area contributed by atoms with Crippen LogP contribution in [0.25, 0.3) is 0 Å². The van der Waals surface area contributed by atoms with Crippen LogP contribution in [0.2, 0.25) is 10.0 Å². The molecule has 1 aromatic heterocycles. The zero-order valence-corrected chi connectivity index (χ0v) is 17.1. The van der Waals surface area contributed by atoms with E-state index in [-0.39, 0.29) is 12.4 Å². The molecule has 0 radical (unpaired) electrons. The highest BCUT2D eigenvalue weighted by Gasteiger charge is 2.08. The summed E-state index contributed by atoms with van der Waals surface area (Å²) in [4.78, 5) is 15.0. The van der Waals surface area contributed by atoms with Gasteiger partial charge < -0.3 is 9.47 Å². The van der Waals surface area contributed by atoms with Gasteiger partial charge in [-0.25, -0.2) is 9.89 Å². The van der Waals surface area contributed by atoms with E-state index in [0.29, 0.717) is 27.2 Å². The van der Waals surface area contributed by atoms with Crippen molar-refractivity contribution in [3.8, 4) is 11.5 Å². The predicted molar refractivity (Wildman–Crippen MR) is 112 cm³/mol. The number of H-pyrrole nitrogens is 1. The summed E-state index contributed by atoms with van der Waals surface area (Å²) in [6.45, 7) is 1.96. The van der Waals surface area contributed by atoms with E-state index < -0.39 is 5.69 Å². The van der Waals surface area contributed by atoms with Crippen LogP contribution in [-0.2, 0) is 6.61 Å². The number of halogens is 2. The van der Waals surface area contributed by atoms with E-state index in [0.717, 1.165) is 11.1 Å². The molecule has 0 aliphatic heterocycles. The van der Waals surface area contributed by atoms with Gasteiger partial charge in [-0.3, -0.25) is 5.43 Å². The molecule has 3 rings (SSSR count). The minimum atomic E-state index is -0.558. The van der Waals surface area contributed by atoms with Crippen molar-refractivity contribution in [1.29, 1.82) is 0 Å². The van der Waals surface area contributed by atoms with E-state index in [2.05, 4.69) is 25.7 Å². The number of methoxy groups -OCH3 is 1. The molecule has 150 valence electrons. The Morgan fingerprint density at radius 3 is 2.79 bits per heavy atom. The van der Waals surface area contributed by atoms with E-state index >= 15 is 0 Å². The Kier molecular flexibility index (Phi) is 6.69. The van der Waals surface area contributed by atoms with Crippen molar-refractivity contribution >= 4 is 35.2 Å². The Bertz CT molecular complexity index is 1100. The van der Waals surface area contributed by atoms with E-state index in [1.165, 1.54) is 0 Å². The second-order valence-electron chi connectivity index (χ2n) is 5.88. The van der Waals surface area contributed by atoms with Gasteiger partial charge in [0.25, 0.3) is 0 Å². The van der Waals surface area contributed by atoms with Crippen molar-refractivity contribution in [2.24, 2.45) is 5.10 Å². The summed E-state index contributed by atoms with van der Waals surface area (Å²) in [5.41, 5.74) is 4.21. The van der Waals surface area contributed by atoms with Crippen molar-refractivity contribution in [3.05, 3.63) is 73.7 Å². The molecule has 0 spiro atoms. The molecule has 0 aliphatic rings. The number of hydrazone groups is 1. The summed E-state index contributed by atoms with van der Waals surface area (Å²) in [6.07, 6.45) is 1.56. The summed E-state index contributed by atoms with van der Waals surface area (Å²) in [6, 6.07) is 10.6. The minimum Gasteiger partial charge on any atom is -0.493 e. The van der Waals surface area contributed by atoms with Crippen LogP contribution in [0.3, 0.4) is 0 Å². The molecule has 8 nitrogen and oxygen atoms in total. The van der Waals surface area contributed by atoms with Gasteiger partial charge >= 0.3 is 5.69 Å². The fourth-order valence-corrected chi connectivity index (χ4v) is 2.81. The molecule has 3 aromatic rings. The lowest BCUT2D eigenvalue weighted by molar-refractivity contribution is 0.284. The number of ether oxygens (including phenoxy) is 2. The van der Waals surface area contributed by atoms with Crippen LogP contribution in [0.1, 0.15) is 16.8 Å². The number of aromatic nitrogens is 3. The first-order valence-corrected chi connectivity index (χ1v) is 9.19. The molecule has 0 atom stereocenters. The Labute approximate surface area is 176 Å². The average Bonchev–Trinajstić information content (AvgIpc) is 2.70. The molecular formula is C19H17Cl2N5O3. The predicted octanol–water partition coefficient (Wildman–Crippen LogP) is 3.81. The van der Waals surface area contributed by atoms with Gasteiger partial charge in [0.2, 0.25) is 0 Å². The number of nitrogens with zero attached hydrogens (tertiary/aromatic N) is 3. The molecule has 0 bridgehead atoms. The fourth-order valence-electron chi connectivity index (χ4n) is 2.34. The third kappa shape index (κ3) is 5.46. The third-order valence-electron chi connectivity index (χ3n) is 3.85. The van der Waals surface area contributed by atoms with Crippen LogP contribution < -0.4 is 20.6 Å². The van der Waals surface area contributed by atoms with Gasteiger partial charge in [-0.15, -0.1) is 0 Å². The Balaban J connectivity index is 1.69. The highest BCUT2D eigenvalue weighted by Crippen LogP contribution is 2.29. The van der Waals surface area contributed by atoms with Gasteiger partial charge in [0.1, 0.15) is 12.3 Å². The fraction of sp³-hybridized carbons (Fsp3) is 0.158. The minimum absolute atomic E-state index is 0.266. The topological polar surface area (TPSA) is 101 Å². The Morgan fingerprint density at radius 2 is 2.03 bits per heavy atom. The average molecular weight is 434 g/mol. The van der Waals surface area contributed by atoms with Gasteiger partial charge in [0, 0.05) is 15.6 Å². The van der Waals surface area contributed by atoms with Gasteiger partial charge in [-0.2, -0.15) is 15.2 Å². The van der Waals surface area contributed by atoms with Crippen molar-refractivity contribution in [2.45, 2.75) is 13.5 Å².